The first-order chi connectivity index (χ1) is 11.6. The first-order valence-corrected chi connectivity index (χ1v) is 8.93. The quantitative estimate of drug-likeness (QED) is 0.777. The van der Waals surface area contributed by atoms with Crippen LogP contribution in [0.25, 0.3) is 0 Å². The van der Waals surface area contributed by atoms with Gasteiger partial charge in [0.1, 0.15) is 16.8 Å². The van der Waals surface area contributed by atoms with E-state index in [0.29, 0.717) is 10.2 Å². The summed E-state index contributed by atoms with van der Waals surface area (Å²) in [5.41, 5.74) is 2.08. The first-order valence-electron chi connectivity index (χ1n) is 8.17. The van der Waals surface area contributed by atoms with Gasteiger partial charge in [0.15, 0.2) is 0 Å². The van der Waals surface area contributed by atoms with Gasteiger partial charge in [0.05, 0.1) is 10.7 Å². The molecule has 2 aromatic rings. The lowest BCUT2D eigenvalue weighted by molar-refractivity contribution is 0.246. The molecule has 1 aliphatic heterocycles. The second kappa shape index (κ2) is 7.64. The molecule has 1 saturated heterocycles. The van der Waals surface area contributed by atoms with Gasteiger partial charge in [-0.2, -0.15) is 0 Å². The molecule has 1 aliphatic rings. The maximum atomic E-state index is 6.30. The van der Waals surface area contributed by atoms with Gasteiger partial charge in [-0.25, -0.2) is 9.97 Å². The highest BCUT2D eigenvalue weighted by Gasteiger charge is 2.22. The average molecular weight is 366 g/mol. The van der Waals surface area contributed by atoms with Crippen molar-refractivity contribution >= 4 is 29.0 Å². The van der Waals surface area contributed by atoms with Crippen LogP contribution in [0, 0.1) is 6.92 Å². The Labute approximate surface area is 152 Å². The van der Waals surface area contributed by atoms with Crippen molar-refractivity contribution in [2.75, 3.05) is 31.1 Å². The van der Waals surface area contributed by atoms with Crippen LogP contribution in [0.4, 0.5) is 5.82 Å². The van der Waals surface area contributed by atoms with E-state index in [0.717, 1.165) is 62.0 Å². The minimum Gasteiger partial charge on any atom is -0.354 e. The monoisotopic (exact) mass is 365 g/mol. The Morgan fingerprint density at radius 3 is 2.46 bits per heavy atom. The molecule has 0 unspecified atom stereocenters. The summed E-state index contributed by atoms with van der Waals surface area (Å²) in [6.45, 7) is 8.60. The molecule has 0 bridgehead atoms. The minimum absolute atomic E-state index is 0.577. The van der Waals surface area contributed by atoms with Crippen LogP contribution in [0.2, 0.25) is 10.2 Å². The third-order valence-electron chi connectivity index (χ3n) is 4.25. The van der Waals surface area contributed by atoms with Gasteiger partial charge in [0.25, 0.3) is 0 Å². The van der Waals surface area contributed by atoms with Crippen LogP contribution in [0.15, 0.2) is 18.3 Å². The molecule has 0 atom stereocenters. The van der Waals surface area contributed by atoms with Crippen molar-refractivity contribution in [1.82, 2.24) is 19.9 Å². The first kappa shape index (κ1) is 17.4. The highest BCUT2D eigenvalue weighted by Crippen LogP contribution is 2.26. The zero-order valence-corrected chi connectivity index (χ0v) is 15.5. The molecule has 0 aromatic carbocycles. The molecule has 3 heterocycles. The fourth-order valence-electron chi connectivity index (χ4n) is 2.96. The maximum absolute atomic E-state index is 6.30. The van der Waals surface area contributed by atoms with Gasteiger partial charge in [0, 0.05) is 44.5 Å². The van der Waals surface area contributed by atoms with E-state index in [9.17, 15) is 0 Å². The molecule has 0 saturated carbocycles. The molecule has 24 heavy (non-hydrogen) atoms. The van der Waals surface area contributed by atoms with Crippen LogP contribution < -0.4 is 4.90 Å². The minimum atomic E-state index is 0.577. The topological polar surface area (TPSA) is 45.2 Å². The lowest BCUT2D eigenvalue weighted by Crippen LogP contribution is -2.46. The van der Waals surface area contributed by atoms with Gasteiger partial charge in [-0.3, -0.25) is 9.88 Å². The Morgan fingerprint density at radius 2 is 1.83 bits per heavy atom. The van der Waals surface area contributed by atoms with Crippen molar-refractivity contribution in [3.05, 3.63) is 45.6 Å². The third-order valence-corrected chi connectivity index (χ3v) is 4.78. The van der Waals surface area contributed by atoms with E-state index in [-0.39, 0.29) is 0 Å². The average Bonchev–Trinajstić information content (AvgIpc) is 2.57. The van der Waals surface area contributed by atoms with Gasteiger partial charge in [-0.05, 0) is 25.5 Å². The predicted molar refractivity (Wildman–Crippen MR) is 97.9 cm³/mol. The number of aryl methyl sites for hydroxylation is 1. The van der Waals surface area contributed by atoms with Crippen LogP contribution in [-0.4, -0.2) is 46.0 Å². The molecular formula is C17H21Cl2N5. The summed E-state index contributed by atoms with van der Waals surface area (Å²) in [6.07, 6.45) is 2.54. The van der Waals surface area contributed by atoms with Gasteiger partial charge in [-0.1, -0.05) is 30.1 Å². The summed E-state index contributed by atoms with van der Waals surface area (Å²) in [6, 6.07) is 3.87. The van der Waals surface area contributed by atoms with Crippen LogP contribution in [0.3, 0.4) is 0 Å². The number of nitrogens with zero attached hydrogens (tertiary/aromatic N) is 5. The zero-order valence-electron chi connectivity index (χ0n) is 14.0. The van der Waals surface area contributed by atoms with Crippen LogP contribution in [0.5, 0.6) is 0 Å². The third kappa shape index (κ3) is 3.97. The summed E-state index contributed by atoms with van der Waals surface area (Å²) in [5.74, 6) is 1.71. The summed E-state index contributed by atoms with van der Waals surface area (Å²) < 4.78 is 0. The molecule has 0 spiro atoms. The lowest BCUT2D eigenvalue weighted by Gasteiger charge is -2.36. The Morgan fingerprint density at radius 1 is 1.08 bits per heavy atom. The number of piperazine rings is 1. The van der Waals surface area contributed by atoms with E-state index < -0.39 is 0 Å². The van der Waals surface area contributed by atoms with E-state index in [2.05, 4.69) is 31.7 Å². The Hall–Kier alpha value is -1.43. The number of aromatic nitrogens is 3. The number of hydrogen-bond acceptors (Lipinski definition) is 5. The summed E-state index contributed by atoms with van der Waals surface area (Å²) in [7, 11) is 0. The van der Waals surface area contributed by atoms with Crippen molar-refractivity contribution in [3.63, 3.8) is 0 Å². The van der Waals surface area contributed by atoms with E-state index in [4.69, 9.17) is 23.2 Å². The van der Waals surface area contributed by atoms with Crippen LogP contribution >= 0.6 is 23.2 Å². The van der Waals surface area contributed by atoms with Gasteiger partial charge >= 0.3 is 0 Å². The van der Waals surface area contributed by atoms with Crippen LogP contribution in [-0.2, 0) is 13.0 Å². The number of hydrogen-bond donors (Lipinski definition) is 0. The summed E-state index contributed by atoms with van der Waals surface area (Å²) >= 11 is 12.2. The molecule has 128 valence electrons. The van der Waals surface area contributed by atoms with E-state index in [1.807, 2.05) is 19.1 Å². The molecule has 0 radical (unpaired) electrons. The van der Waals surface area contributed by atoms with Crippen molar-refractivity contribution in [3.8, 4) is 0 Å². The highest BCUT2D eigenvalue weighted by molar-refractivity contribution is 6.30. The second-order valence-corrected chi connectivity index (χ2v) is 6.74. The Kier molecular flexibility index (Phi) is 5.54. The normalized spacial score (nSPS) is 15.8. The standard InChI is InChI=1S/C17H21Cl2N5/c1-3-15-16(19)21-12(2)22-17(15)24-8-6-23(7-9-24)11-14-5-4-13(18)10-20-14/h4-5,10H,3,6-9,11H2,1-2H3. The van der Waals surface area contributed by atoms with E-state index in [1.165, 1.54) is 0 Å². The van der Waals surface area contributed by atoms with E-state index >= 15 is 0 Å². The molecule has 1 fully saturated rings. The van der Waals surface area contributed by atoms with Crippen molar-refractivity contribution in [2.24, 2.45) is 0 Å². The summed E-state index contributed by atoms with van der Waals surface area (Å²) in [5, 5.41) is 1.25. The molecular weight excluding hydrogens is 345 g/mol. The molecule has 3 rings (SSSR count). The SMILES string of the molecule is CCc1c(Cl)nc(C)nc1N1CCN(Cc2ccc(Cl)cn2)CC1. The van der Waals surface area contributed by atoms with Crippen molar-refractivity contribution in [2.45, 2.75) is 26.8 Å². The largest absolute Gasteiger partial charge is 0.354 e. The Bertz CT molecular complexity index is 697. The van der Waals surface area contributed by atoms with Crippen LogP contribution in [0.1, 0.15) is 24.0 Å². The van der Waals surface area contributed by atoms with Crippen molar-refractivity contribution in [1.29, 1.82) is 0 Å². The number of pyridine rings is 1. The maximum Gasteiger partial charge on any atom is 0.138 e. The number of rotatable bonds is 4. The molecule has 2 aromatic heterocycles. The lowest BCUT2D eigenvalue weighted by atomic mass is 10.2. The molecule has 0 aliphatic carbocycles. The fraction of sp³-hybridized carbons (Fsp3) is 0.471. The Balaban J connectivity index is 1.66. The molecule has 0 amide bonds. The van der Waals surface area contributed by atoms with Gasteiger partial charge < -0.3 is 4.90 Å². The number of anilines is 1. The van der Waals surface area contributed by atoms with Gasteiger partial charge in [-0.15, -0.1) is 0 Å². The smallest absolute Gasteiger partial charge is 0.138 e. The van der Waals surface area contributed by atoms with E-state index in [1.54, 1.807) is 6.20 Å². The molecule has 5 nitrogen and oxygen atoms in total. The molecule has 7 heteroatoms. The predicted octanol–water partition coefficient (Wildman–Crippen LogP) is 3.37. The highest BCUT2D eigenvalue weighted by atomic mass is 35.5. The fourth-order valence-corrected chi connectivity index (χ4v) is 3.41. The second-order valence-electron chi connectivity index (χ2n) is 5.95. The summed E-state index contributed by atoms with van der Waals surface area (Å²) in [4.78, 5) is 18.0. The zero-order chi connectivity index (χ0) is 17.1. The molecule has 0 N–H and O–H groups in total. The van der Waals surface area contributed by atoms with Crippen molar-refractivity contribution < 1.29 is 0 Å². The number of halogens is 2. The van der Waals surface area contributed by atoms with Gasteiger partial charge in [0.2, 0.25) is 0 Å².